The van der Waals surface area contributed by atoms with Crippen LogP contribution in [0.2, 0.25) is 0 Å². The fraction of sp³-hybridized carbons (Fsp3) is 0.750. The summed E-state index contributed by atoms with van der Waals surface area (Å²) in [6.45, 7) is 7.86. The van der Waals surface area contributed by atoms with Gasteiger partial charge in [-0.15, -0.1) is 11.3 Å². The lowest BCUT2D eigenvalue weighted by molar-refractivity contribution is -0.136. The highest BCUT2D eigenvalue weighted by Gasteiger charge is 2.29. The molecule has 3 rings (SSSR count). The molecule has 0 bridgehead atoms. The second-order valence-electron chi connectivity index (χ2n) is 6.51. The molecule has 0 saturated carbocycles. The minimum Gasteiger partial charge on any atom is -0.341 e. The van der Waals surface area contributed by atoms with Gasteiger partial charge in [-0.05, 0) is 32.7 Å². The van der Waals surface area contributed by atoms with Crippen molar-refractivity contribution >= 4 is 17.2 Å². The molecule has 2 saturated heterocycles. The Morgan fingerprint density at radius 3 is 3.09 bits per heavy atom. The normalized spacial score (nSPS) is 27.6. The molecule has 122 valence electrons. The maximum absolute atomic E-state index is 12.7. The Hall–Kier alpha value is -0.980. The average molecular weight is 322 g/mol. The molecule has 0 aromatic carbocycles. The van der Waals surface area contributed by atoms with E-state index >= 15 is 0 Å². The van der Waals surface area contributed by atoms with E-state index < -0.39 is 0 Å². The lowest BCUT2D eigenvalue weighted by Gasteiger charge is -2.31. The quantitative estimate of drug-likeness (QED) is 0.918. The summed E-state index contributed by atoms with van der Waals surface area (Å²) in [4.78, 5) is 21.6. The van der Waals surface area contributed by atoms with Gasteiger partial charge in [-0.25, -0.2) is 4.98 Å². The average Bonchev–Trinajstić information content (AvgIpc) is 2.91. The van der Waals surface area contributed by atoms with Crippen molar-refractivity contribution < 1.29 is 4.79 Å². The van der Waals surface area contributed by atoms with E-state index in [1.165, 1.54) is 0 Å². The molecular weight excluding hydrogens is 296 g/mol. The Morgan fingerprint density at radius 2 is 2.32 bits per heavy atom. The summed E-state index contributed by atoms with van der Waals surface area (Å²) in [5, 5.41) is 5.54. The number of hydrogen-bond acceptors (Lipinski definition) is 5. The number of piperidine rings is 1. The fourth-order valence-corrected chi connectivity index (χ4v) is 4.06. The summed E-state index contributed by atoms with van der Waals surface area (Å²) >= 11 is 1.65. The molecule has 0 spiro atoms. The zero-order valence-corrected chi connectivity index (χ0v) is 14.1. The highest BCUT2D eigenvalue weighted by atomic mass is 32.1. The van der Waals surface area contributed by atoms with Crippen LogP contribution >= 0.6 is 11.3 Å². The van der Waals surface area contributed by atoms with Crippen LogP contribution in [0.5, 0.6) is 0 Å². The van der Waals surface area contributed by atoms with Gasteiger partial charge in [0, 0.05) is 50.1 Å². The zero-order chi connectivity index (χ0) is 15.4. The number of thiazole rings is 1. The third-order valence-electron chi connectivity index (χ3n) is 4.74. The number of aromatic nitrogens is 1. The number of carbonyl (C=O) groups excluding carboxylic acids is 1. The zero-order valence-electron chi connectivity index (χ0n) is 13.3. The Balaban J connectivity index is 1.52. The summed E-state index contributed by atoms with van der Waals surface area (Å²) in [6.07, 6.45) is 3.04. The van der Waals surface area contributed by atoms with E-state index in [0.717, 1.165) is 64.2 Å². The number of carbonyl (C=O) groups is 1. The van der Waals surface area contributed by atoms with Crippen molar-refractivity contribution in [1.82, 2.24) is 20.1 Å². The molecule has 2 aliphatic heterocycles. The molecule has 1 aromatic heterocycles. The number of nitrogens with one attached hydrogen (secondary N) is 1. The third-order valence-corrected chi connectivity index (χ3v) is 5.38. The van der Waals surface area contributed by atoms with Crippen molar-refractivity contribution in [3.8, 4) is 0 Å². The van der Waals surface area contributed by atoms with Crippen LogP contribution in [0.1, 0.15) is 31.9 Å². The topological polar surface area (TPSA) is 48.5 Å². The summed E-state index contributed by atoms with van der Waals surface area (Å²) < 4.78 is 0. The van der Waals surface area contributed by atoms with E-state index in [1.54, 1.807) is 11.3 Å². The molecule has 0 aliphatic carbocycles. The van der Waals surface area contributed by atoms with Gasteiger partial charge in [0.05, 0.1) is 11.2 Å². The molecule has 6 heteroatoms. The SMILES string of the molecule is C[C@H]1C[C@@H](C(=O)N2CCCN(Cc3cscn3)CC2)CCN1. The van der Waals surface area contributed by atoms with Crippen molar-refractivity contribution in [1.29, 1.82) is 0 Å². The highest BCUT2D eigenvalue weighted by molar-refractivity contribution is 7.07. The Labute approximate surface area is 136 Å². The molecule has 22 heavy (non-hydrogen) atoms. The molecule has 1 aromatic rings. The van der Waals surface area contributed by atoms with Gasteiger partial charge in [-0.3, -0.25) is 9.69 Å². The molecule has 1 N–H and O–H groups in total. The van der Waals surface area contributed by atoms with E-state index in [1.807, 2.05) is 5.51 Å². The van der Waals surface area contributed by atoms with Crippen molar-refractivity contribution in [3.63, 3.8) is 0 Å². The monoisotopic (exact) mass is 322 g/mol. The lowest BCUT2D eigenvalue weighted by atomic mass is 9.92. The molecule has 0 unspecified atom stereocenters. The predicted molar refractivity (Wildman–Crippen MR) is 88.8 cm³/mol. The predicted octanol–water partition coefficient (Wildman–Crippen LogP) is 1.57. The molecular formula is C16H26N4OS. The first-order chi connectivity index (χ1) is 10.7. The van der Waals surface area contributed by atoms with Gasteiger partial charge in [0.1, 0.15) is 0 Å². The first kappa shape index (κ1) is 15.9. The minimum absolute atomic E-state index is 0.223. The van der Waals surface area contributed by atoms with Gasteiger partial charge >= 0.3 is 0 Å². The van der Waals surface area contributed by atoms with Crippen molar-refractivity contribution in [2.24, 2.45) is 5.92 Å². The minimum atomic E-state index is 0.223. The van der Waals surface area contributed by atoms with Gasteiger partial charge in [0.2, 0.25) is 5.91 Å². The molecule has 2 fully saturated rings. The van der Waals surface area contributed by atoms with Crippen LogP contribution in [0.4, 0.5) is 0 Å². The van der Waals surface area contributed by atoms with Crippen molar-refractivity contribution in [2.45, 2.75) is 38.8 Å². The van der Waals surface area contributed by atoms with Crippen LogP contribution in [0.3, 0.4) is 0 Å². The largest absolute Gasteiger partial charge is 0.341 e. The first-order valence-electron chi connectivity index (χ1n) is 8.34. The lowest BCUT2D eigenvalue weighted by Crippen LogP contribution is -2.45. The van der Waals surface area contributed by atoms with Crippen LogP contribution in [0.15, 0.2) is 10.9 Å². The van der Waals surface area contributed by atoms with Crippen LogP contribution in [-0.4, -0.2) is 59.5 Å². The number of rotatable bonds is 3. The van der Waals surface area contributed by atoms with Crippen LogP contribution in [0, 0.1) is 5.92 Å². The van der Waals surface area contributed by atoms with Crippen molar-refractivity contribution in [3.05, 3.63) is 16.6 Å². The van der Waals surface area contributed by atoms with E-state index in [0.29, 0.717) is 11.9 Å². The van der Waals surface area contributed by atoms with Crippen LogP contribution in [-0.2, 0) is 11.3 Å². The molecule has 1 amide bonds. The maximum atomic E-state index is 12.7. The van der Waals surface area contributed by atoms with Crippen molar-refractivity contribution in [2.75, 3.05) is 32.7 Å². The second kappa shape index (κ2) is 7.53. The fourth-order valence-electron chi connectivity index (χ4n) is 3.51. The first-order valence-corrected chi connectivity index (χ1v) is 9.28. The van der Waals surface area contributed by atoms with Gasteiger partial charge in [-0.2, -0.15) is 0 Å². The maximum Gasteiger partial charge on any atom is 0.225 e. The molecule has 2 aliphatic rings. The van der Waals surface area contributed by atoms with Gasteiger partial charge in [0.15, 0.2) is 0 Å². The highest BCUT2D eigenvalue weighted by Crippen LogP contribution is 2.20. The summed E-state index contributed by atoms with van der Waals surface area (Å²) in [6, 6.07) is 0.468. The Kier molecular flexibility index (Phi) is 5.44. The summed E-state index contributed by atoms with van der Waals surface area (Å²) in [5.74, 6) is 0.602. The Bertz CT molecular complexity index is 479. The van der Waals surface area contributed by atoms with E-state index in [4.69, 9.17) is 0 Å². The summed E-state index contributed by atoms with van der Waals surface area (Å²) in [5.41, 5.74) is 3.04. The van der Waals surface area contributed by atoms with Gasteiger partial charge in [-0.1, -0.05) is 0 Å². The number of nitrogens with zero attached hydrogens (tertiary/aromatic N) is 3. The number of amides is 1. The Morgan fingerprint density at radius 1 is 1.41 bits per heavy atom. The van der Waals surface area contributed by atoms with Gasteiger partial charge < -0.3 is 10.2 Å². The third kappa shape index (κ3) is 4.06. The molecule has 5 nitrogen and oxygen atoms in total. The summed E-state index contributed by atoms with van der Waals surface area (Å²) in [7, 11) is 0. The van der Waals surface area contributed by atoms with Gasteiger partial charge in [0.25, 0.3) is 0 Å². The smallest absolute Gasteiger partial charge is 0.225 e. The number of hydrogen-bond donors (Lipinski definition) is 1. The van der Waals surface area contributed by atoms with Crippen LogP contribution < -0.4 is 5.32 Å². The molecule has 2 atom stereocenters. The standard InChI is InChI=1S/C16H26N4OS/c1-13-9-14(3-4-17-13)16(21)20-6-2-5-19(7-8-20)10-15-11-22-12-18-15/h11-14,17H,2-10H2,1H3/t13-,14-/m0/s1. The van der Waals surface area contributed by atoms with Crippen LogP contribution in [0.25, 0.3) is 0 Å². The second-order valence-corrected chi connectivity index (χ2v) is 7.23. The van der Waals surface area contributed by atoms with E-state index in [9.17, 15) is 4.79 Å². The molecule has 3 heterocycles. The van der Waals surface area contributed by atoms with E-state index in [-0.39, 0.29) is 5.92 Å². The molecule has 0 radical (unpaired) electrons. The van der Waals surface area contributed by atoms with E-state index in [2.05, 4.69) is 32.4 Å².